The lowest BCUT2D eigenvalue weighted by Gasteiger charge is -2.32. The Bertz CT molecular complexity index is 458. The molecule has 6 nitrogen and oxygen atoms in total. The highest BCUT2D eigenvalue weighted by atomic mass is 16.9. The molecule has 0 N–H and O–H groups in total. The van der Waals surface area contributed by atoms with E-state index < -0.39 is 11.9 Å². The summed E-state index contributed by atoms with van der Waals surface area (Å²) in [7, 11) is 0. The Hall–Kier alpha value is -0.500. The third-order valence-electron chi connectivity index (χ3n) is 7.06. The molecule has 0 unspecified atom stereocenters. The lowest BCUT2D eigenvalue weighted by molar-refractivity contribution is -0.380. The minimum atomic E-state index is -0.836. The maximum atomic E-state index is 5.81. The van der Waals surface area contributed by atoms with Gasteiger partial charge in [-0.15, -0.1) is 0 Å². The molecule has 0 aliphatic carbocycles. The fourth-order valence-electron chi connectivity index (χ4n) is 5.21. The van der Waals surface area contributed by atoms with E-state index >= 15 is 0 Å². The molecule has 0 aliphatic heterocycles. The normalized spacial score (nSPS) is 12.7. The van der Waals surface area contributed by atoms with Gasteiger partial charge in [-0.05, 0) is 80.1 Å². The molecule has 0 aromatic heterocycles. The van der Waals surface area contributed by atoms with Crippen molar-refractivity contribution in [3.8, 4) is 0 Å². The highest BCUT2D eigenvalue weighted by molar-refractivity contribution is 4.81. The number of allylic oxidation sites excluding steroid dienone is 2. The third-order valence-corrected chi connectivity index (χ3v) is 7.06. The van der Waals surface area contributed by atoms with Crippen LogP contribution in [0.1, 0.15) is 157 Å². The number of ether oxygens (including phenoxy) is 6. The average molecular weight is 573 g/mol. The molecule has 6 heteroatoms. The predicted molar refractivity (Wildman–Crippen MR) is 167 cm³/mol. The van der Waals surface area contributed by atoms with Gasteiger partial charge in [-0.1, -0.05) is 76.4 Å². The molecule has 0 rings (SSSR count). The summed E-state index contributed by atoms with van der Waals surface area (Å²) in [6.45, 7) is 15.6. The second-order valence-electron chi connectivity index (χ2n) is 10.5. The van der Waals surface area contributed by atoms with E-state index in [4.69, 9.17) is 28.4 Å². The van der Waals surface area contributed by atoms with Crippen LogP contribution in [0.15, 0.2) is 12.2 Å². The zero-order valence-corrected chi connectivity index (χ0v) is 27.6. The number of hydrogen-bond acceptors (Lipinski definition) is 6. The van der Waals surface area contributed by atoms with Crippen LogP contribution in [-0.4, -0.2) is 51.6 Å². The molecule has 0 aromatic carbocycles. The Morgan fingerprint density at radius 3 is 0.800 bits per heavy atom. The van der Waals surface area contributed by atoms with Crippen LogP contribution >= 0.6 is 0 Å². The van der Waals surface area contributed by atoms with Crippen molar-refractivity contribution in [1.82, 2.24) is 0 Å². The second-order valence-corrected chi connectivity index (χ2v) is 10.5. The summed E-state index contributed by atoms with van der Waals surface area (Å²) in [5, 5.41) is 0. The number of unbranched alkanes of at least 4 members (excludes halogenated alkanes) is 14. The molecule has 0 saturated carbocycles. The van der Waals surface area contributed by atoms with Crippen molar-refractivity contribution in [2.45, 2.75) is 169 Å². The third kappa shape index (κ3) is 21.2. The van der Waals surface area contributed by atoms with E-state index in [9.17, 15) is 0 Å². The zero-order valence-electron chi connectivity index (χ0n) is 27.6. The second kappa shape index (κ2) is 28.6. The van der Waals surface area contributed by atoms with Gasteiger partial charge >= 0.3 is 0 Å². The SMILES string of the molecule is CCOC(CCCCCCCCCC=CCCCCCCCCCC(OCC)(OCC)OCC)(OCC)OCC. The van der Waals surface area contributed by atoms with Gasteiger partial charge in [0, 0.05) is 52.5 Å². The Morgan fingerprint density at radius 2 is 0.550 bits per heavy atom. The summed E-state index contributed by atoms with van der Waals surface area (Å²) in [6, 6.07) is 0. The van der Waals surface area contributed by atoms with Crippen molar-refractivity contribution in [3.05, 3.63) is 12.2 Å². The van der Waals surface area contributed by atoms with Gasteiger partial charge in [0.05, 0.1) is 0 Å². The van der Waals surface area contributed by atoms with E-state index in [1.165, 1.54) is 89.9 Å². The summed E-state index contributed by atoms with van der Waals surface area (Å²) in [5.74, 6) is -1.67. The number of hydrogen-bond donors (Lipinski definition) is 0. The van der Waals surface area contributed by atoms with Gasteiger partial charge in [0.15, 0.2) is 0 Å². The van der Waals surface area contributed by atoms with Crippen molar-refractivity contribution < 1.29 is 28.4 Å². The van der Waals surface area contributed by atoms with Gasteiger partial charge in [-0.3, -0.25) is 0 Å². The maximum absolute atomic E-state index is 5.81. The Morgan fingerprint density at radius 1 is 0.325 bits per heavy atom. The van der Waals surface area contributed by atoms with E-state index in [1.54, 1.807) is 0 Å². The van der Waals surface area contributed by atoms with Crippen LogP contribution in [0.5, 0.6) is 0 Å². The first-order chi connectivity index (χ1) is 19.6. The average Bonchev–Trinajstić information content (AvgIpc) is 2.93. The van der Waals surface area contributed by atoms with E-state index in [-0.39, 0.29) is 0 Å². The fourth-order valence-corrected chi connectivity index (χ4v) is 5.21. The summed E-state index contributed by atoms with van der Waals surface area (Å²) < 4.78 is 34.9. The van der Waals surface area contributed by atoms with Gasteiger partial charge in [0.2, 0.25) is 0 Å². The van der Waals surface area contributed by atoms with Crippen LogP contribution < -0.4 is 0 Å². The van der Waals surface area contributed by atoms with Gasteiger partial charge in [0.25, 0.3) is 11.9 Å². The smallest absolute Gasteiger partial charge is 0.282 e. The highest BCUT2D eigenvalue weighted by Crippen LogP contribution is 2.25. The van der Waals surface area contributed by atoms with Crippen LogP contribution in [0.2, 0.25) is 0 Å². The Balaban J connectivity index is 3.63. The van der Waals surface area contributed by atoms with Gasteiger partial charge in [-0.25, -0.2) is 0 Å². The van der Waals surface area contributed by atoms with Crippen LogP contribution in [0.4, 0.5) is 0 Å². The molecular weight excluding hydrogens is 504 g/mol. The van der Waals surface area contributed by atoms with Crippen LogP contribution in [0.25, 0.3) is 0 Å². The molecule has 0 fully saturated rings. The maximum Gasteiger partial charge on any atom is 0.282 e. The molecule has 0 saturated heterocycles. The summed E-state index contributed by atoms with van der Waals surface area (Å²) >= 11 is 0. The molecule has 40 heavy (non-hydrogen) atoms. The standard InChI is InChI=1S/C34H68O6/c1-7-35-33(36-8-2,37-9-3)31-29-27-25-23-21-19-17-15-13-14-16-18-20-22-24-26-28-30-32-34(38-10-4,39-11-5)40-12-6/h13-14H,7-12,15-32H2,1-6H3. The van der Waals surface area contributed by atoms with Crippen LogP contribution in [0, 0.1) is 0 Å². The van der Waals surface area contributed by atoms with Gasteiger partial charge < -0.3 is 28.4 Å². The molecule has 240 valence electrons. The van der Waals surface area contributed by atoms with Crippen molar-refractivity contribution in [3.63, 3.8) is 0 Å². The molecule has 0 radical (unpaired) electrons. The first-order valence-corrected chi connectivity index (χ1v) is 17.1. The molecule has 0 bridgehead atoms. The molecule has 0 aromatic rings. The molecule has 0 aliphatic rings. The first kappa shape index (κ1) is 39.5. The summed E-state index contributed by atoms with van der Waals surface area (Å²) in [5.41, 5.74) is 0. The summed E-state index contributed by atoms with van der Waals surface area (Å²) in [4.78, 5) is 0. The lowest BCUT2D eigenvalue weighted by atomic mass is 10.1. The topological polar surface area (TPSA) is 55.4 Å². The largest absolute Gasteiger partial charge is 0.328 e. The monoisotopic (exact) mass is 573 g/mol. The first-order valence-electron chi connectivity index (χ1n) is 17.1. The van der Waals surface area contributed by atoms with Gasteiger partial charge in [-0.2, -0.15) is 0 Å². The van der Waals surface area contributed by atoms with Crippen LogP contribution in [-0.2, 0) is 28.4 Å². The van der Waals surface area contributed by atoms with Crippen molar-refractivity contribution in [1.29, 1.82) is 0 Å². The van der Waals surface area contributed by atoms with Gasteiger partial charge in [0.1, 0.15) is 0 Å². The van der Waals surface area contributed by atoms with Crippen molar-refractivity contribution in [2.75, 3.05) is 39.6 Å². The number of rotatable bonds is 32. The zero-order chi connectivity index (χ0) is 29.6. The van der Waals surface area contributed by atoms with E-state index in [2.05, 4.69) is 12.2 Å². The minimum Gasteiger partial charge on any atom is -0.328 e. The lowest BCUT2D eigenvalue weighted by Crippen LogP contribution is -2.39. The Kier molecular flexibility index (Phi) is 28.3. The van der Waals surface area contributed by atoms with E-state index in [0.717, 1.165) is 25.7 Å². The van der Waals surface area contributed by atoms with E-state index in [0.29, 0.717) is 39.6 Å². The summed E-state index contributed by atoms with van der Waals surface area (Å²) in [6.07, 6.45) is 26.7. The molecule has 0 heterocycles. The van der Waals surface area contributed by atoms with Crippen molar-refractivity contribution >= 4 is 0 Å². The quantitative estimate of drug-likeness (QED) is 0.0454. The van der Waals surface area contributed by atoms with E-state index in [1.807, 2.05) is 41.5 Å². The molecule has 0 atom stereocenters. The molecular formula is C34H68O6. The Labute approximate surface area is 249 Å². The molecule has 0 amide bonds. The highest BCUT2D eigenvalue weighted by Gasteiger charge is 2.32. The fraction of sp³-hybridized carbons (Fsp3) is 0.941. The van der Waals surface area contributed by atoms with Crippen LogP contribution in [0.3, 0.4) is 0 Å². The predicted octanol–water partition coefficient (Wildman–Crippen LogP) is 10.1. The minimum absolute atomic E-state index is 0.608. The van der Waals surface area contributed by atoms with Crippen molar-refractivity contribution in [2.24, 2.45) is 0 Å². The molecule has 0 spiro atoms.